The third-order valence-electron chi connectivity index (χ3n) is 4.27. The Balaban J connectivity index is 1.37. The zero-order valence-corrected chi connectivity index (χ0v) is 13.7. The molecule has 0 unspecified atom stereocenters. The van der Waals surface area contributed by atoms with Crippen LogP contribution in [0.1, 0.15) is 23.3 Å². The van der Waals surface area contributed by atoms with E-state index >= 15 is 0 Å². The summed E-state index contributed by atoms with van der Waals surface area (Å²) in [7, 11) is 0. The first-order valence-electron chi connectivity index (χ1n) is 8.30. The average Bonchev–Trinajstić information content (AvgIpc) is 3.09. The number of unbranched alkanes of at least 4 members (excludes halogenated alkanes) is 1. The summed E-state index contributed by atoms with van der Waals surface area (Å²) in [5, 5.41) is 4.15. The maximum absolute atomic E-state index is 11.2. The van der Waals surface area contributed by atoms with E-state index in [9.17, 15) is 4.79 Å². The van der Waals surface area contributed by atoms with Crippen molar-refractivity contribution in [3.8, 4) is 0 Å². The predicted molar refractivity (Wildman–Crippen MR) is 90.7 cm³/mol. The lowest BCUT2D eigenvalue weighted by molar-refractivity contribution is 0.0989. The molecular formula is C16H23N7O. The van der Waals surface area contributed by atoms with E-state index in [0.29, 0.717) is 5.69 Å². The minimum absolute atomic E-state index is 0.424. The van der Waals surface area contributed by atoms with Crippen LogP contribution in [-0.4, -0.2) is 63.3 Å². The lowest BCUT2D eigenvalue weighted by Crippen LogP contribution is -2.47. The summed E-state index contributed by atoms with van der Waals surface area (Å²) in [6.45, 7) is 5.73. The normalized spacial score (nSPS) is 15.6. The standard InChI is InChI=1S/C16H23N7O/c17-15(24)14-4-7-20-23(14)9-2-1-8-21-10-12-22(13-11-21)16-18-5-3-6-19-16/h3-7H,1-2,8-13H2,(H2,17,24). The van der Waals surface area contributed by atoms with Crippen molar-refractivity contribution in [3.63, 3.8) is 0 Å². The Hall–Kier alpha value is -2.48. The predicted octanol–water partition coefficient (Wildman–Crippen LogP) is 0.374. The number of hydrogen-bond acceptors (Lipinski definition) is 6. The molecule has 0 radical (unpaired) electrons. The minimum Gasteiger partial charge on any atom is -0.364 e. The molecule has 128 valence electrons. The third-order valence-corrected chi connectivity index (χ3v) is 4.27. The SMILES string of the molecule is NC(=O)c1ccnn1CCCCN1CCN(c2ncccn2)CC1. The Morgan fingerprint density at radius 1 is 1.04 bits per heavy atom. The maximum atomic E-state index is 11.2. The Morgan fingerprint density at radius 3 is 2.46 bits per heavy atom. The number of carbonyl (C=O) groups is 1. The van der Waals surface area contributed by atoms with Crippen LogP contribution in [0.3, 0.4) is 0 Å². The summed E-state index contributed by atoms with van der Waals surface area (Å²) in [6.07, 6.45) is 7.23. The van der Waals surface area contributed by atoms with Crippen LogP contribution in [0.25, 0.3) is 0 Å². The molecule has 0 spiro atoms. The number of rotatable bonds is 7. The number of nitrogens with two attached hydrogens (primary N) is 1. The molecule has 3 heterocycles. The van der Waals surface area contributed by atoms with Gasteiger partial charge >= 0.3 is 0 Å². The molecule has 0 aliphatic carbocycles. The molecule has 1 aliphatic rings. The van der Waals surface area contributed by atoms with Crippen LogP contribution in [0.15, 0.2) is 30.7 Å². The van der Waals surface area contributed by atoms with Gasteiger partial charge in [0, 0.05) is 51.3 Å². The Labute approximate surface area is 141 Å². The Bertz CT molecular complexity index is 649. The molecule has 0 bridgehead atoms. The highest BCUT2D eigenvalue weighted by Crippen LogP contribution is 2.10. The summed E-state index contributed by atoms with van der Waals surface area (Å²) in [6, 6.07) is 3.50. The van der Waals surface area contributed by atoms with Crippen LogP contribution in [0.4, 0.5) is 5.95 Å². The van der Waals surface area contributed by atoms with Crippen molar-refractivity contribution >= 4 is 11.9 Å². The summed E-state index contributed by atoms with van der Waals surface area (Å²) in [4.78, 5) is 24.5. The highest BCUT2D eigenvalue weighted by molar-refractivity contribution is 5.90. The van der Waals surface area contributed by atoms with Crippen molar-refractivity contribution in [1.82, 2.24) is 24.6 Å². The molecule has 1 saturated heterocycles. The molecule has 2 aromatic rings. The van der Waals surface area contributed by atoms with Gasteiger partial charge in [0.05, 0.1) is 0 Å². The fraction of sp³-hybridized carbons (Fsp3) is 0.500. The highest BCUT2D eigenvalue weighted by atomic mass is 16.1. The van der Waals surface area contributed by atoms with Gasteiger partial charge in [-0.05, 0) is 31.5 Å². The molecule has 24 heavy (non-hydrogen) atoms. The number of primary amides is 1. The van der Waals surface area contributed by atoms with Crippen molar-refractivity contribution in [1.29, 1.82) is 0 Å². The number of carbonyl (C=O) groups excluding carboxylic acids is 1. The maximum Gasteiger partial charge on any atom is 0.266 e. The van der Waals surface area contributed by atoms with E-state index in [2.05, 4.69) is 24.9 Å². The number of aryl methyl sites for hydroxylation is 1. The van der Waals surface area contributed by atoms with E-state index in [0.717, 1.165) is 58.1 Å². The summed E-state index contributed by atoms with van der Waals surface area (Å²) < 4.78 is 1.69. The van der Waals surface area contributed by atoms with Crippen molar-refractivity contribution in [3.05, 3.63) is 36.4 Å². The molecule has 2 N–H and O–H groups in total. The molecule has 3 rings (SSSR count). The molecule has 1 amide bonds. The van der Waals surface area contributed by atoms with Gasteiger partial charge in [-0.25, -0.2) is 9.97 Å². The number of anilines is 1. The van der Waals surface area contributed by atoms with Gasteiger partial charge in [0.1, 0.15) is 5.69 Å². The second kappa shape index (κ2) is 7.87. The van der Waals surface area contributed by atoms with Crippen LogP contribution in [0.5, 0.6) is 0 Å². The molecule has 1 fully saturated rings. The van der Waals surface area contributed by atoms with Crippen LogP contribution in [0.2, 0.25) is 0 Å². The molecule has 0 atom stereocenters. The lowest BCUT2D eigenvalue weighted by Gasteiger charge is -2.34. The molecule has 0 saturated carbocycles. The molecule has 2 aromatic heterocycles. The second-order valence-electron chi connectivity index (χ2n) is 5.89. The van der Waals surface area contributed by atoms with Gasteiger partial charge in [-0.15, -0.1) is 0 Å². The van der Waals surface area contributed by atoms with Crippen molar-refractivity contribution in [2.75, 3.05) is 37.6 Å². The highest BCUT2D eigenvalue weighted by Gasteiger charge is 2.18. The number of hydrogen-bond donors (Lipinski definition) is 1. The molecule has 0 aromatic carbocycles. The van der Waals surface area contributed by atoms with Crippen molar-refractivity contribution in [2.45, 2.75) is 19.4 Å². The molecule has 8 heteroatoms. The fourth-order valence-corrected chi connectivity index (χ4v) is 2.94. The topological polar surface area (TPSA) is 93.2 Å². The summed E-state index contributed by atoms with van der Waals surface area (Å²) >= 11 is 0. The largest absolute Gasteiger partial charge is 0.364 e. The van der Waals surface area contributed by atoms with Gasteiger partial charge in [-0.1, -0.05) is 0 Å². The Morgan fingerprint density at radius 2 is 1.75 bits per heavy atom. The number of aromatic nitrogens is 4. The lowest BCUT2D eigenvalue weighted by atomic mass is 10.2. The monoisotopic (exact) mass is 329 g/mol. The molecule has 8 nitrogen and oxygen atoms in total. The number of nitrogens with zero attached hydrogens (tertiary/aromatic N) is 6. The minimum atomic E-state index is -0.424. The van der Waals surface area contributed by atoms with Crippen LogP contribution < -0.4 is 10.6 Å². The third kappa shape index (κ3) is 4.08. The van der Waals surface area contributed by atoms with E-state index < -0.39 is 5.91 Å². The first-order chi connectivity index (χ1) is 11.7. The van der Waals surface area contributed by atoms with Crippen molar-refractivity contribution < 1.29 is 4.79 Å². The first kappa shape index (κ1) is 16.4. The van der Waals surface area contributed by atoms with E-state index in [1.54, 1.807) is 29.3 Å². The summed E-state index contributed by atoms with van der Waals surface area (Å²) in [5.74, 6) is 0.390. The van der Waals surface area contributed by atoms with Gasteiger partial charge in [0.2, 0.25) is 5.95 Å². The number of piperazine rings is 1. The van der Waals surface area contributed by atoms with Crippen LogP contribution in [0, 0.1) is 0 Å². The zero-order valence-electron chi connectivity index (χ0n) is 13.7. The molecule has 1 aliphatic heterocycles. The van der Waals surface area contributed by atoms with Gasteiger partial charge in [0.15, 0.2) is 0 Å². The van der Waals surface area contributed by atoms with Gasteiger partial charge in [0.25, 0.3) is 5.91 Å². The summed E-state index contributed by atoms with van der Waals surface area (Å²) in [5.41, 5.74) is 5.80. The van der Waals surface area contributed by atoms with E-state index in [-0.39, 0.29) is 0 Å². The van der Waals surface area contributed by atoms with E-state index in [1.165, 1.54) is 0 Å². The van der Waals surface area contributed by atoms with E-state index in [1.807, 2.05) is 6.07 Å². The van der Waals surface area contributed by atoms with Gasteiger partial charge in [-0.3, -0.25) is 14.4 Å². The zero-order chi connectivity index (χ0) is 16.8. The second-order valence-corrected chi connectivity index (χ2v) is 5.89. The van der Waals surface area contributed by atoms with Crippen LogP contribution in [-0.2, 0) is 6.54 Å². The van der Waals surface area contributed by atoms with E-state index in [4.69, 9.17) is 5.73 Å². The molecular weight excluding hydrogens is 306 g/mol. The Kier molecular flexibility index (Phi) is 5.37. The van der Waals surface area contributed by atoms with Gasteiger partial charge in [-0.2, -0.15) is 5.10 Å². The van der Waals surface area contributed by atoms with Crippen molar-refractivity contribution in [2.24, 2.45) is 5.73 Å². The fourth-order valence-electron chi connectivity index (χ4n) is 2.94. The average molecular weight is 329 g/mol. The van der Waals surface area contributed by atoms with Gasteiger partial charge < -0.3 is 10.6 Å². The first-order valence-corrected chi connectivity index (χ1v) is 8.30. The smallest absolute Gasteiger partial charge is 0.266 e. The van der Waals surface area contributed by atoms with Crippen LogP contribution >= 0.6 is 0 Å². The quantitative estimate of drug-likeness (QED) is 0.738. The number of amides is 1.